The van der Waals surface area contributed by atoms with Gasteiger partial charge in [-0.05, 0) is 30.9 Å². The molecule has 3 N–H and O–H groups in total. The number of rotatable bonds is 3. The van der Waals surface area contributed by atoms with Crippen molar-refractivity contribution < 1.29 is 9.50 Å². The molecule has 4 heteroatoms. The van der Waals surface area contributed by atoms with E-state index in [1.807, 2.05) is 0 Å². The topological polar surface area (TPSA) is 46.2 Å². The molecule has 0 unspecified atom stereocenters. The third-order valence-electron chi connectivity index (χ3n) is 3.33. The minimum atomic E-state index is -0.652. The lowest BCUT2D eigenvalue weighted by molar-refractivity contribution is 0.0403. The average molecular weight is 288 g/mol. The predicted octanol–water partition coefficient (Wildman–Crippen LogP) is 2.75. The van der Waals surface area contributed by atoms with Crippen LogP contribution in [0.1, 0.15) is 30.9 Å². The highest BCUT2D eigenvalue weighted by Crippen LogP contribution is 2.36. The summed E-state index contributed by atoms with van der Waals surface area (Å²) in [5, 5.41) is 10.0. The minimum Gasteiger partial charge on any atom is -0.391 e. The van der Waals surface area contributed by atoms with E-state index in [2.05, 4.69) is 15.9 Å². The molecule has 1 aliphatic rings. The van der Waals surface area contributed by atoms with E-state index in [1.165, 1.54) is 6.07 Å². The van der Waals surface area contributed by atoms with Crippen molar-refractivity contribution in [3.05, 3.63) is 34.1 Å². The van der Waals surface area contributed by atoms with Crippen LogP contribution in [0.3, 0.4) is 0 Å². The van der Waals surface area contributed by atoms with Crippen molar-refractivity contribution in [3.63, 3.8) is 0 Å². The SMILES string of the molecule is N[C@H](c1c(F)cccc1Br)[C@@H](O)C1CCC1. The summed E-state index contributed by atoms with van der Waals surface area (Å²) in [6, 6.07) is 4.07. The molecular formula is C12H15BrFNO. The molecule has 1 aliphatic carbocycles. The summed E-state index contributed by atoms with van der Waals surface area (Å²) in [4.78, 5) is 0. The van der Waals surface area contributed by atoms with E-state index in [9.17, 15) is 9.50 Å². The van der Waals surface area contributed by atoms with Gasteiger partial charge in [0.25, 0.3) is 0 Å². The van der Waals surface area contributed by atoms with Crippen LogP contribution < -0.4 is 5.73 Å². The Labute approximate surface area is 103 Å². The Kier molecular flexibility index (Phi) is 3.62. The lowest BCUT2D eigenvalue weighted by Crippen LogP contribution is -2.37. The number of aliphatic hydroxyl groups excluding tert-OH is 1. The number of nitrogens with two attached hydrogens (primary N) is 1. The largest absolute Gasteiger partial charge is 0.391 e. The third-order valence-corrected chi connectivity index (χ3v) is 4.03. The molecule has 0 aliphatic heterocycles. The van der Waals surface area contributed by atoms with Gasteiger partial charge in [0.2, 0.25) is 0 Å². The Morgan fingerprint density at radius 1 is 1.44 bits per heavy atom. The van der Waals surface area contributed by atoms with Gasteiger partial charge in [0, 0.05) is 10.0 Å². The first-order valence-electron chi connectivity index (χ1n) is 5.49. The van der Waals surface area contributed by atoms with Gasteiger partial charge in [-0.1, -0.05) is 28.4 Å². The molecule has 0 radical (unpaired) electrons. The smallest absolute Gasteiger partial charge is 0.129 e. The maximum absolute atomic E-state index is 13.6. The van der Waals surface area contributed by atoms with Crippen molar-refractivity contribution in [1.29, 1.82) is 0 Å². The third kappa shape index (κ3) is 2.14. The fourth-order valence-corrected chi connectivity index (χ4v) is 2.68. The second kappa shape index (κ2) is 4.82. The van der Waals surface area contributed by atoms with Gasteiger partial charge in [-0.3, -0.25) is 0 Å². The number of halogens is 2. The van der Waals surface area contributed by atoms with E-state index in [0.29, 0.717) is 10.0 Å². The highest BCUT2D eigenvalue weighted by atomic mass is 79.9. The normalized spacial score (nSPS) is 20.2. The first-order valence-corrected chi connectivity index (χ1v) is 6.28. The summed E-state index contributed by atoms with van der Waals surface area (Å²) in [6.07, 6.45) is 2.45. The quantitative estimate of drug-likeness (QED) is 0.898. The Bertz CT molecular complexity index is 361. The van der Waals surface area contributed by atoms with Crippen molar-refractivity contribution in [2.75, 3.05) is 0 Å². The number of aliphatic hydroxyl groups is 1. The van der Waals surface area contributed by atoms with E-state index >= 15 is 0 Å². The van der Waals surface area contributed by atoms with Gasteiger partial charge in [-0.2, -0.15) is 0 Å². The Morgan fingerprint density at radius 2 is 2.12 bits per heavy atom. The molecule has 0 heterocycles. The Hall–Kier alpha value is -0.450. The molecule has 88 valence electrons. The average Bonchev–Trinajstić information content (AvgIpc) is 2.14. The molecule has 0 spiro atoms. The van der Waals surface area contributed by atoms with E-state index in [0.717, 1.165) is 19.3 Å². The van der Waals surface area contributed by atoms with Gasteiger partial charge in [0.15, 0.2) is 0 Å². The van der Waals surface area contributed by atoms with E-state index in [4.69, 9.17) is 5.73 Å². The molecule has 0 aromatic heterocycles. The van der Waals surface area contributed by atoms with Crippen molar-refractivity contribution in [3.8, 4) is 0 Å². The first-order chi connectivity index (χ1) is 7.61. The second-order valence-electron chi connectivity index (χ2n) is 4.34. The van der Waals surface area contributed by atoms with Crippen LogP contribution in [0.15, 0.2) is 22.7 Å². The van der Waals surface area contributed by atoms with Gasteiger partial charge in [0.05, 0.1) is 12.1 Å². The molecular weight excluding hydrogens is 273 g/mol. The molecule has 0 saturated heterocycles. The van der Waals surface area contributed by atoms with Crippen LogP contribution in [0.2, 0.25) is 0 Å². The van der Waals surface area contributed by atoms with Gasteiger partial charge in [0.1, 0.15) is 5.82 Å². The van der Waals surface area contributed by atoms with Gasteiger partial charge in [-0.15, -0.1) is 0 Å². The lowest BCUT2D eigenvalue weighted by atomic mass is 9.77. The predicted molar refractivity (Wildman–Crippen MR) is 64.4 cm³/mol. The van der Waals surface area contributed by atoms with Gasteiger partial charge < -0.3 is 10.8 Å². The zero-order valence-corrected chi connectivity index (χ0v) is 10.5. The molecule has 0 amide bonds. The van der Waals surface area contributed by atoms with Crippen molar-refractivity contribution >= 4 is 15.9 Å². The zero-order valence-electron chi connectivity index (χ0n) is 8.87. The molecule has 1 aromatic rings. The number of hydrogen-bond donors (Lipinski definition) is 2. The minimum absolute atomic E-state index is 0.224. The van der Waals surface area contributed by atoms with Crippen LogP contribution in [0.4, 0.5) is 4.39 Å². The van der Waals surface area contributed by atoms with Crippen molar-refractivity contribution in [2.45, 2.75) is 31.4 Å². The molecule has 2 rings (SSSR count). The monoisotopic (exact) mass is 287 g/mol. The standard InChI is InChI=1S/C12H15BrFNO/c13-8-5-2-6-9(14)10(8)11(15)12(16)7-3-1-4-7/h2,5-7,11-12,16H,1,3-4,15H2/t11-,12+/m1/s1. The van der Waals surface area contributed by atoms with Crippen molar-refractivity contribution in [2.24, 2.45) is 11.7 Å². The van der Waals surface area contributed by atoms with E-state index in [-0.39, 0.29) is 11.7 Å². The van der Waals surface area contributed by atoms with E-state index < -0.39 is 12.1 Å². The highest BCUT2D eigenvalue weighted by molar-refractivity contribution is 9.10. The zero-order chi connectivity index (χ0) is 11.7. The van der Waals surface area contributed by atoms with Crippen LogP contribution in [0.5, 0.6) is 0 Å². The Balaban J connectivity index is 2.22. The summed E-state index contributed by atoms with van der Waals surface area (Å²) < 4.78 is 14.2. The van der Waals surface area contributed by atoms with E-state index in [1.54, 1.807) is 12.1 Å². The molecule has 2 atom stereocenters. The number of benzene rings is 1. The fourth-order valence-electron chi connectivity index (χ4n) is 2.07. The van der Waals surface area contributed by atoms with Crippen molar-refractivity contribution in [1.82, 2.24) is 0 Å². The highest BCUT2D eigenvalue weighted by Gasteiger charge is 2.32. The lowest BCUT2D eigenvalue weighted by Gasteiger charge is -2.34. The van der Waals surface area contributed by atoms with Crippen LogP contribution >= 0.6 is 15.9 Å². The summed E-state index contributed by atoms with van der Waals surface area (Å²) in [7, 11) is 0. The molecule has 1 saturated carbocycles. The van der Waals surface area contributed by atoms with Gasteiger partial charge >= 0.3 is 0 Å². The van der Waals surface area contributed by atoms with Crippen LogP contribution in [0, 0.1) is 11.7 Å². The summed E-state index contributed by atoms with van der Waals surface area (Å²) >= 11 is 3.27. The molecule has 1 aromatic carbocycles. The van der Waals surface area contributed by atoms with Crippen LogP contribution in [-0.4, -0.2) is 11.2 Å². The second-order valence-corrected chi connectivity index (χ2v) is 5.20. The Morgan fingerprint density at radius 3 is 2.62 bits per heavy atom. The molecule has 16 heavy (non-hydrogen) atoms. The summed E-state index contributed by atoms with van der Waals surface area (Å²) in [5.74, 6) is -0.137. The number of hydrogen-bond acceptors (Lipinski definition) is 2. The summed E-state index contributed by atoms with van der Waals surface area (Å²) in [6.45, 7) is 0. The summed E-state index contributed by atoms with van der Waals surface area (Å²) in [5.41, 5.74) is 6.31. The molecule has 2 nitrogen and oxygen atoms in total. The maximum Gasteiger partial charge on any atom is 0.129 e. The van der Waals surface area contributed by atoms with Crippen LogP contribution in [-0.2, 0) is 0 Å². The van der Waals surface area contributed by atoms with Crippen LogP contribution in [0.25, 0.3) is 0 Å². The van der Waals surface area contributed by atoms with Gasteiger partial charge in [-0.25, -0.2) is 4.39 Å². The maximum atomic E-state index is 13.6. The molecule has 0 bridgehead atoms. The first kappa shape index (κ1) is 12.0. The fraction of sp³-hybridized carbons (Fsp3) is 0.500. The molecule has 1 fully saturated rings.